The lowest BCUT2D eigenvalue weighted by Crippen LogP contribution is -2.34. The van der Waals surface area contributed by atoms with Gasteiger partial charge in [0, 0.05) is 22.7 Å². The van der Waals surface area contributed by atoms with Gasteiger partial charge in [0.2, 0.25) is 0 Å². The van der Waals surface area contributed by atoms with Gasteiger partial charge in [-0.15, -0.1) is 0 Å². The van der Waals surface area contributed by atoms with Gasteiger partial charge in [-0.25, -0.2) is 0 Å². The van der Waals surface area contributed by atoms with E-state index in [9.17, 15) is 4.79 Å². The normalized spacial score (nSPS) is 14.2. The Balaban J connectivity index is 1.92. The summed E-state index contributed by atoms with van der Waals surface area (Å²) < 4.78 is 0. The van der Waals surface area contributed by atoms with E-state index in [1.54, 1.807) is 4.90 Å². The second kappa shape index (κ2) is 5.70. The van der Waals surface area contributed by atoms with E-state index in [1.807, 2.05) is 55.5 Å². The minimum absolute atomic E-state index is 0.0186. The number of hydrogen-bond acceptors (Lipinski definition) is 2. The average Bonchev–Trinajstić information content (AvgIpc) is 2.96. The van der Waals surface area contributed by atoms with Crippen LogP contribution in [0.3, 0.4) is 0 Å². The standard InChI is InChI=1S/C17H15ClN2O/c1-12-4-2-6-14(10-12)17(21)20-9-8-19-16(20)13-5-3-7-15(18)11-13/h2-7,10-11H,8-9H2,1H3. The molecule has 0 spiro atoms. The second-order valence-electron chi connectivity index (χ2n) is 5.04. The van der Waals surface area contributed by atoms with Crippen LogP contribution < -0.4 is 0 Å². The fraction of sp³-hybridized carbons (Fsp3) is 0.176. The molecule has 1 amide bonds. The Labute approximate surface area is 128 Å². The molecule has 0 radical (unpaired) electrons. The third kappa shape index (κ3) is 2.83. The number of nitrogens with zero attached hydrogens (tertiary/aromatic N) is 2. The van der Waals surface area contributed by atoms with E-state index in [0.717, 1.165) is 11.1 Å². The zero-order chi connectivity index (χ0) is 14.8. The van der Waals surface area contributed by atoms with Crippen molar-refractivity contribution in [1.82, 2.24) is 4.90 Å². The lowest BCUT2D eigenvalue weighted by molar-refractivity contribution is 0.0858. The maximum absolute atomic E-state index is 12.7. The molecule has 2 aromatic carbocycles. The predicted octanol–water partition coefficient (Wildman–Crippen LogP) is 3.55. The first-order valence-corrected chi connectivity index (χ1v) is 7.22. The Morgan fingerprint density at radius 1 is 1.19 bits per heavy atom. The van der Waals surface area contributed by atoms with Gasteiger partial charge in [-0.3, -0.25) is 14.7 Å². The van der Waals surface area contributed by atoms with Gasteiger partial charge in [0.15, 0.2) is 0 Å². The number of rotatable bonds is 2. The first kappa shape index (κ1) is 13.8. The molecule has 0 unspecified atom stereocenters. The van der Waals surface area contributed by atoms with Crippen LogP contribution in [0.4, 0.5) is 0 Å². The van der Waals surface area contributed by atoms with Gasteiger partial charge in [0.1, 0.15) is 5.84 Å². The van der Waals surface area contributed by atoms with Crippen LogP contribution in [-0.2, 0) is 0 Å². The molecule has 3 nitrogen and oxygen atoms in total. The minimum atomic E-state index is -0.0186. The van der Waals surface area contributed by atoms with Crippen LogP contribution in [0.5, 0.6) is 0 Å². The largest absolute Gasteiger partial charge is 0.291 e. The molecule has 1 aliphatic rings. The van der Waals surface area contributed by atoms with Crippen molar-refractivity contribution >= 4 is 23.3 Å². The van der Waals surface area contributed by atoms with Crippen LogP contribution in [0, 0.1) is 6.92 Å². The van der Waals surface area contributed by atoms with E-state index in [4.69, 9.17) is 11.6 Å². The molecule has 0 saturated carbocycles. The van der Waals surface area contributed by atoms with Gasteiger partial charge in [-0.05, 0) is 31.2 Å². The summed E-state index contributed by atoms with van der Waals surface area (Å²) in [6.45, 7) is 3.21. The van der Waals surface area contributed by atoms with Crippen LogP contribution >= 0.6 is 11.6 Å². The van der Waals surface area contributed by atoms with Gasteiger partial charge in [-0.2, -0.15) is 0 Å². The second-order valence-corrected chi connectivity index (χ2v) is 5.48. The number of hydrogen-bond donors (Lipinski definition) is 0. The van der Waals surface area contributed by atoms with Crippen LogP contribution in [0.2, 0.25) is 5.02 Å². The molecule has 0 bridgehead atoms. The van der Waals surface area contributed by atoms with E-state index in [2.05, 4.69) is 4.99 Å². The number of amidine groups is 1. The maximum Gasteiger partial charge on any atom is 0.259 e. The first-order valence-electron chi connectivity index (χ1n) is 6.84. The number of benzene rings is 2. The lowest BCUT2D eigenvalue weighted by Gasteiger charge is -2.19. The maximum atomic E-state index is 12.7. The molecule has 0 aromatic heterocycles. The molecule has 3 rings (SSSR count). The van der Waals surface area contributed by atoms with Crippen molar-refractivity contribution in [2.75, 3.05) is 13.1 Å². The van der Waals surface area contributed by atoms with Crippen molar-refractivity contribution in [3.8, 4) is 0 Å². The number of carbonyl (C=O) groups is 1. The van der Waals surface area contributed by atoms with Gasteiger partial charge in [0.05, 0.1) is 6.54 Å². The Kier molecular flexibility index (Phi) is 3.76. The Morgan fingerprint density at radius 3 is 2.76 bits per heavy atom. The first-order chi connectivity index (χ1) is 10.1. The zero-order valence-corrected chi connectivity index (χ0v) is 12.5. The highest BCUT2D eigenvalue weighted by Crippen LogP contribution is 2.18. The van der Waals surface area contributed by atoms with Crippen molar-refractivity contribution in [3.63, 3.8) is 0 Å². The summed E-state index contributed by atoms with van der Waals surface area (Å²) in [5.74, 6) is 0.680. The molecule has 2 aromatic rings. The number of aryl methyl sites for hydroxylation is 1. The topological polar surface area (TPSA) is 32.7 Å². The molecule has 0 saturated heterocycles. The molecule has 4 heteroatoms. The highest BCUT2D eigenvalue weighted by Gasteiger charge is 2.25. The number of carbonyl (C=O) groups excluding carboxylic acids is 1. The van der Waals surface area contributed by atoms with Crippen molar-refractivity contribution in [1.29, 1.82) is 0 Å². The van der Waals surface area contributed by atoms with Crippen molar-refractivity contribution in [2.45, 2.75) is 6.92 Å². The quantitative estimate of drug-likeness (QED) is 0.834. The summed E-state index contributed by atoms with van der Waals surface area (Å²) in [5, 5.41) is 0.644. The highest BCUT2D eigenvalue weighted by molar-refractivity contribution is 6.31. The Hall–Kier alpha value is -2.13. The van der Waals surface area contributed by atoms with E-state index in [-0.39, 0.29) is 5.91 Å². The Bertz CT molecular complexity index is 724. The van der Waals surface area contributed by atoms with Gasteiger partial charge in [0.25, 0.3) is 5.91 Å². The fourth-order valence-corrected chi connectivity index (χ4v) is 2.64. The lowest BCUT2D eigenvalue weighted by atomic mass is 10.1. The van der Waals surface area contributed by atoms with Crippen LogP contribution in [0.1, 0.15) is 21.5 Å². The van der Waals surface area contributed by atoms with Crippen molar-refractivity contribution < 1.29 is 4.79 Å². The summed E-state index contributed by atoms with van der Waals surface area (Å²) in [6, 6.07) is 15.1. The molecule has 0 aliphatic carbocycles. The highest BCUT2D eigenvalue weighted by atomic mass is 35.5. The summed E-state index contributed by atoms with van der Waals surface area (Å²) in [5.41, 5.74) is 2.63. The number of halogens is 1. The summed E-state index contributed by atoms with van der Waals surface area (Å²) in [6.07, 6.45) is 0. The van der Waals surface area contributed by atoms with E-state index >= 15 is 0 Å². The predicted molar refractivity (Wildman–Crippen MR) is 85.1 cm³/mol. The fourth-order valence-electron chi connectivity index (χ4n) is 2.45. The van der Waals surface area contributed by atoms with Crippen molar-refractivity contribution in [3.05, 3.63) is 70.2 Å². The molecule has 106 valence electrons. The van der Waals surface area contributed by atoms with Crippen molar-refractivity contribution in [2.24, 2.45) is 4.99 Å². The molecule has 0 atom stereocenters. The Morgan fingerprint density at radius 2 is 2.00 bits per heavy atom. The third-order valence-corrected chi connectivity index (χ3v) is 3.67. The molecule has 1 aliphatic heterocycles. The van der Waals surface area contributed by atoms with Gasteiger partial charge < -0.3 is 0 Å². The monoisotopic (exact) mass is 298 g/mol. The van der Waals surface area contributed by atoms with E-state index in [0.29, 0.717) is 29.5 Å². The smallest absolute Gasteiger partial charge is 0.259 e. The molecule has 0 N–H and O–H groups in total. The molecular weight excluding hydrogens is 284 g/mol. The van der Waals surface area contributed by atoms with Gasteiger partial charge >= 0.3 is 0 Å². The number of aliphatic imine (C=N–C) groups is 1. The average molecular weight is 299 g/mol. The van der Waals surface area contributed by atoms with E-state index < -0.39 is 0 Å². The van der Waals surface area contributed by atoms with Gasteiger partial charge in [-0.1, -0.05) is 41.4 Å². The zero-order valence-electron chi connectivity index (χ0n) is 11.7. The van der Waals surface area contributed by atoms with Crippen LogP contribution in [-0.4, -0.2) is 29.7 Å². The summed E-state index contributed by atoms with van der Waals surface area (Å²) >= 11 is 6.03. The molecule has 0 fully saturated rings. The summed E-state index contributed by atoms with van der Waals surface area (Å²) in [4.78, 5) is 18.9. The molecule has 1 heterocycles. The SMILES string of the molecule is Cc1cccc(C(=O)N2CCN=C2c2cccc(Cl)c2)c1. The molecular formula is C17H15ClN2O. The molecule has 21 heavy (non-hydrogen) atoms. The third-order valence-electron chi connectivity index (χ3n) is 3.43. The number of amides is 1. The minimum Gasteiger partial charge on any atom is -0.291 e. The van der Waals surface area contributed by atoms with Crippen LogP contribution in [0.25, 0.3) is 0 Å². The van der Waals surface area contributed by atoms with Crippen LogP contribution in [0.15, 0.2) is 53.5 Å². The summed E-state index contributed by atoms with van der Waals surface area (Å²) in [7, 11) is 0. The van der Waals surface area contributed by atoms with E-state index in [1.165, 1.54) is 0 Å².